The van der Waals surface area contributed by atoms with Crippen molar-refractivity contribution in [2.24, 2.45) is 11.8 Å². The van der Waals surface area contributed by atoms with Gasteiger partial charge in [0.05, 0.1) is 0 Å². The molecule has 21 heavy (non-hydrogen) atoms. The first-order valence-electron chi connectivity index (χ1n) is 7.60. The van der Waals surface area contributed by atoms with Crippen LogP contribution >= 0.6 is 0 Å². The van der Waals surface area contributed by atoms with Gasteiger partial charge in [0.2, 0.25) is 6.79 Å². The van der Waals surface area contributed by atoms with E-state index in [0.717, 1.165) is 12.2 Å². The Labute approximate surface area is 125 Å². The van der Waals surface area contributed by atoms with Crippen molar-refractivity contribution in [1.82, 2.24) is 5.32 Å². The van der Waals surface area contributed by atoms with Crippen LogP contribution in [0.25, 0.3) is 0 Å². The first-order chi connectivity index (χ1) is 10.1. The van der Waals surface area contributed by atoms with Crippen molar-refractivity contribution in [3.8, 4) is 11.5 Å². The van der Waals surface area contributed by atoms with Crippen LogP contribution in [-0.2, 0) is 0 Å². The molecule has 1 aromatic rings. The molecular weight excluding hydrogens is 268 g/mol. The molecule has 5 heteroatoms. The predicted molar refractivity (Wildman–Crippen MR) is 80.7 cm³/mol. The number of carbonyl (C=O) groups excluding carboxylic acids is 1. The number of nitrogens with one attached hydrogen (secondary N) is 2. The van der Waals surface area contributed by atoms with E-state index in [-0.39, 0.29) is 18.9 Å². The second-order valence-corrected chi connectivity index (χ2v) is 6.04. The molecule has 0 bridgehead atoms. The highest BCUT2D eigenvalue weighted by Gasteiger charge is 2.28. The van der Waals surface area contributed by atoms with Crippen LogP contribution in [0.4, 0.5) is 10.5 Å². The predicted octanol–water partition coefficient (Wildman–Crippen LogP) is 3.36. The fraction of sp³-hybridized carbons (Fsp3) is 0.562. The van der Waals surface area contributed by atoms with Gasteiger partial charge in [-0.3, -0.25) is 0 Å². The lowest BCUT2D eigenvalue weighted by atomic mass is 9.78. The van der Waals surface area contributed by atoms with Crippen LogP contribution in [0.1, 0.15) is 33.1 Å². The molecule has 1 saturated carbocycles. The van der Waals surface area contributed by atoms with Crippen molar-refractivity contribution in [3.63, 3.8) is 0 Å². The highest BCUT2D eigenvalue weighted by atomic mass is 16.7. The van der Waals surface area contributed by atoms with Gasteiger partial charge in [-0.2, -0.15) is 0 Å². The van der Waals surface area contributed by atoms with E-state index >= 15 is 0 Å². The van der Waals surface area contributed by atoms with Crippen molar-refractivity contribution in [3.05, 3.63) is 18.2 Å². The van der Waals surface area contributed by atoms with E-state index in [4.69, 9.17) is 9.47 Å². The molecule has 1 aliphatic heterocycles. The summed E-state index contributed by atoms with van der Waals surface area (Å²) in [6, 6.07) is 5.51. The van der Waals surface area contributed by atoms with Crippen molar-refractivity contribution >= 4 is 11.7 Å². The number of rotatable bonds is 2. The number of hydrogen-bond donors (Lipinski definition) is 2. The minimum Gasteiger partial charge on any atom is -0.454 e. The average Bonchev–Trinajstić information content (AvgIpc) is 2.91. The molecule has 1 heterocycles. The standard InChI is InChI=1S/C16H22N2O3/c1-10-4-3-5-13(11(10)2)18-16(19)17-12-6-7-14-15(8-12)21-9-20-14/h6-8,10-11,13H,3-5,9H2,1-2H3,(H2,17,18,19)/t10-,11-,13+/m1/s1. The van der Waals surface area contributed by atoms with E-state index in [1.807, 2.05) is 12.1 Å². The minimum absolute atomic E-state index is 0.153. The number of fused-ring (bicyclic) bond motifs is 1. The number of ether oxygens (including phenoxy) is 2. The van der Waals surface area contributed by atoms with Crippen molar-refractivity contribution in [2.45, 2.75) is 39.2 Å². The molecule has 0 unspecified atom stereocenters. The second kappa shape index (κ2) is 5.84. The highest BCUT2D eigenvalue weighted by Crippen LogP contribution is 2.34. The van der Waals surface area contributed by atoms with Crippen LogP contribution in [0.3, 0.4) is 0 Å². The number of benzene rings is 1. The summed E-state index contributed by atoms with van der Waals surface area (Å²) in [6.07, 6.45) is 3.49. The van der Waals surface area contributed by atoms with Crippen molar-refractivity contribution in [1.29, 1.82) is 0 Å². The zero-order valence-electron chi connectivity index (χ0n) is 12.5. The van der Waals surface area contributed by atoms with Gasteiger partial charge in [0.25, 0.3) is 0 Å². The number of amides is 2. The number of hydrogen-bond acceptors (Lipinski definition) is 3. The molecule has 0 radical (unpaired) electrons. The third kappa shape index (κ3) is 3.06. The van der Waals surface area contributed by atoms with Gasteiger partial charge < -0.3 is 20.1 Å². The van der Waals surface area contributed by atoms with E-state index in [1.165, 1.54) is 12.8 Å². The molecule has 2 N–H and O–H groups in total. The Morgan fingerprint density at radius 2 is 2.00 bits per heavy atom. The number of carbonyl (C=O) groups is 1. The maximum absolute atomic E-state index is 12.1. The van der Waals surface area contributed by atoms with Crippen LogP contribution in [0.15, 0.2) is 18.2 Å². The summed E-state index contributed by atoms with van der Waals surface area (Å²) < 4.78 is 10.6. The molecule has 2 amide bonds. The third-order valence-electron chi connectivity index (χ3n) is 4.65. The van der Waals surface area contributed by atoms with Gasteiger partial charge in [-0.05, 0) is 30.4 Å². The fourth-order valence-electron chi connectivity index (χ4n) is 3.10. The van der Waals surface area contributed by atoms with Gasteiger partial charge in [-0.15, -0.1) is 0 Å². The minimum atomic E-state index is -0.153. The summed E-state index contributed by atoms with van der Waals surface area (Å²) in [7, 11) is 0. The van der Waals surface area contributed by atoms with E-state index in [9.17, 15) is 4.79 Å². The summed E-state index contributed by atoms with van der Waals surface area (Å²) in [6.45, 7) is 4.71. The van der Waals surface area contributed by atoms with Crippen LogP contribution in [-0.4, -0.2) is 18.9 Å². The first kappa shape index (κ1) is 14.0. The molecule has 1 aromatic carbocycles. The number of anilines is 1. The van der Waals surface area contributed by atoms with Crippen LogP contribution < -0.4 is 20.1 Å². The highest BCUT2D eigenvalue weighted by molar-refractivity contribution is 5.89. The summed E-state index contributed by atoms with van der Waals surface area (Å²) in [5, 5.41) is 5.96. The quantitative estimate of drug-likeness (QED) is 0.878. The molecule has 0 spiro atoms. The lowest BCUT2D eigenvalue weighted by molar-refractivity contribution is 0.174. The van der Waals surface area contributed by atoms with Crippen molar-refractivity contribution in [2.75, 3.05) is 12.1 Å². The van der Waals surface area contributed by atoms with E-state index in [2.05, 4.69) is 24.5 Å². The molecular formula is C16H22N2O3. The van der Waals surface area contributed by atoms with Gasteiger partial charge in [-0.1, -0.05) is 26.7 Å². The lowest BCUT2D eigenvalue weighted by Gasteiger charge is -2.34. The van der Waals surface area contributed by atoms with Crippen LogP contribution in [0.5, 0.6) is 11.5 Å². The molecule has 2 aliphatic rings. The smallest absolute Gasteiger partial charge is 0.319 e. The molecule has 3 rings (SSSR count). The zero-order chi connectivity index (χ0) is 14.8. The molecule has 0 aromatic heterocycles. The van der Waals surface area contributed by atoms with E-state index in [0.29, 0.717) is 23.3 Å². The topological polar surface area (TPSA) is 59.6 Å². The Kier molecular flexibility index (Phi) is 3.90. The first-order valence-corrected chi connectivity index (χ1v) is 7.60. The zero-order valence-corrected chi connectivity index (χ0v) is 12.5. The monoisotopic (exact) mass is 290 g/mol. The Hall–Kier alpha value is -1.91. The Balaban J connectivity index is 1.59. The Bertz CT molecular complexity index is 532. The summed E-state index contributed by atoms with van der Waals surface area (Å²) >= 11 is 0. The molecule has 1 aliphatic carbocycles. The summed E-state index contributed by atoms with van der Waals surface area (Å²) in [5.74, 6) is 2.57. The lowest BCUT2D eigenvalue weighted by Crippen LogP contribution is -2.45. The van der Waals surface area contributed by atoms with Gasteiger partial charge in [0.1, 0.15) is 0 Å². The number of urea groups is 1. The normalized spacial score (nSPS) is 27.2. The summed E-state index contributed by atoms with van der Waals surface area (Å²) in [5.41, 5.74) is 0.716. The van der Waals surface area contributed by atoms with Gasteiger partial charge in [0.15, 0.2) is 11.5 Å². The third-order valence-corrected chi connectivity index (χ3v) is 4.65. The Morgan fingerprint density at radius 3 is 2.86 bits per heavy atom. The van der Waals surface area contributed by atoms with Gasteiger partial charge in [-0.25, -0.2) is 4.79 Å². The maximum Gasteiger partial charge on any atom is 0.319 e. The molecule has 0 saturated heterocycles. The molecule has 114 valence electrons. The van der Waals surface area contributed by atoms with Crippen molar-refractivity contribution < 1.29 is 14.3 Å². The Morgan fingerprint density at radius 1 is 1.19 bits per heavy atom. The second-order valence-electron chi connectivity index (χ2n) is 6.04. The van der Waals surface area contributed by atoms with Crippen LogP contribution in [0, 0.1) is 11.8 Å². The van der Waals surface area contributed by atoms with E-state index in [1.54, 1.807) is 6.07 Å². The SMILES string of the molecule is C[C@@H]1[C@H](C)CCC[C@@H]1NC(=O)Nc1ccc2c(c1)OCO2. The fourth-order valence-corrected chi connectivity index (χ4v) is 3.10. The van der Waals surface area contributed by atoms with E-state index < -0.39 is 0 Å². The van der Waals surface area contributed by atoms with Gasteiger partial charge >= 0.3 is 6.03 Å². The maximum atomic E-state index is 12.1. The van der Waals surface area contributed by atoms with Gasteiger partial charge in [0, 0.05) is 17.8 Å². The van der Waals surface area contributed by atoms with Crippen LogP contribution in [0.2, 0.25) is 0 Å². The average molecular weight is 290 g/mol. The summed E-state index contributed by atoms with van der Waals surface area (Å²) in [4.78, 5) is 12.1. The molecule has 5 nitrogen and oxygen atoms in total. The largest absolute Gasteiger partial charge is 0.454 e. The molecule has 1 fully saturated rings. The molecule has 3 atom stereocenters.